The summed E-state index contributed by atoms with van der Waals surface area (Å²) >= 11 is 7.27. The van der Waals surface area contributed by atoms with E-state index in [0.29, 0.717) is 15.6 Å². The van der Waals surface area contributed by atoms with E-state index in [0.717, 1.165) is 5.56 Å². The van der Waals surface area contributed by atoms with Crippen molar-refractivity contribution in [3.05, 3.63) is 62.7 Å². The number of amides is 1. The van der Waals surface area contributed by atoms with E-state index in [-0.39, 0.29) is 11.3 Å². The van der Waals surface area contributed by atoms with E-state index in [4.69, 9.17) is 11.6 Å². The first-order chi connectivity index (χ1) is 10.4. The Balaban J connectivity index is 2.32. The molecule has 0 aliphatic rings. The molecule has 0 aliphatic carbocycles. The molecule has 0 unspecified atom stereocenters. The molecule has 1 N–H and O–H groups in total. The first-order valence-corrected chi connectivity index (χ1v) is 7.93. The number of benzene rings is 2. The van der Waals surface area contributed by atoms with Crippen molar-refractivity contribution in [1.82, 2.24) is 0 Å². The van der Waals surface area contributed by atoms with Gasteiger partial charge in [0.05, 0.1) is 9.82 Å². The molecule has 1 amide bonds. The highest BCUT2D eigenvalue weighted by atomic mass is 35.5. The summed E-state index contributed by atoms with van der Waals surface area (Å²) in [6.07, 6.45) is 1.75. The first kappa shape index (κ1) is 16.3. The number of nitro benzene ring substituents is 1. The molecule has 0 heterocycles. The number of carbonyl (C=O) groups is 1. The number of hydrogen-bond donors (Lipinski definition) is 1. The summed E-state index contributed by atoms with van der Waals surface area (Å²) in [6, 6.07) is 9.59. The molecule has 2 aromatic rings. The van der Waals surface area contributed by atoms with Gasteiger partial charge in [0, 0.05) is 22.3 Å². The molecule has 0 spiro atoms. The van der Waals surface area contributed by atoms with Gasteiger partial charge in [-0.05, 0) is 43.0 Å². The fraction of sp³-hybridized carbons (Fsp3) is 0.133. The number of anilines is 1. The topological polar surface area (TPSA) is 72.2 Å². The van der Waals surface area contributed by atoms with E-state index in [1.807, 2.05) is 0 Å². The van der Waals surface area contributed by atoms with E-state index in [9.17, 15) is 14.9 Å². The number of halogens is 1. The van der Waals surface area contributed by atoms with Gasteiger partial charge >= 0.3 is 0 Å². The van der Waals surface area contributed by atoms with E-state index < -0.39 is 10.8 Å². The highest BCUT2D eigenvalue weighted by Crippen LogP contribution is 2.29. The maximum Gasteiger partial charge on any atom is 0.283 e. The lowest BCUT2D eigenvalue weighted by Crippen LogP contribution is -2.13. The molecule has 0 aromatic heterocycles. The SMILES string of the molecule is CSc1ccc(C(=O)Nc2cccc(Cl)c2C)cc1[N+](=O)[O-]. The summed E-state index contributed by atoms with van der Waals surface area (Å²) in [6.45, 7) is 1.79. The Morgan fingerprint density at radius 1 is 1.32 bits per heavy atom. The molecule has 2 aromatic carbocycles. The van der Waals surface area contributed by atoms with Crippen LogP contribution >= 0.6 is 23.4 Å². The predicted molar refractivity (Wildman–Crippen MR) is 89.0 cm³/mol. The normalized spacial score (nSPS) is 10.3. The zero-order valence-electron chi connectivity index (χ0n) is 11.9. The van der Waals surface area contributed by atoms with Crippen LogP contribution in [0.1, 0.15) is 15.9 Å². The monoisotopic (exact) mass is 336 g/mol. The van der Waals surface area contributed by atoms with Crippen LogP contribution in [0.25, 0.3) is 0 Å². The molecule has 0 saturated heterocycles. The van der Waals surface area contributed by atoms with Crippen LogP contribution in [0, 0.1) is 17.0 Å². The van der Waals surface area contributed by atoms with Crippen molar-refractivity contribution in [3.63, 3.8) is 0 Å². The molecule has 5 nitrogen and oxygen atoms in total. The van der Waals surface area contributed by atoms with Crippen molar-refractivity contribution in [1.29, 1.82) is 0 Å². The number of hydrogen-bond acceptors (Lipinski definition) is 4. The Hall–Kier alpha value is -2.05. The highest BCUT2D eigenvalue weighted by Gasteiger charge is 2.17. The van der Waals surface area contributed by atoms with Crippen LogP contribution in [0.5, 0.6) is 0 Å². The second-order valence-corrected chi connectivity index (χ2v) is 5.77. The number of rotatable bonds is 4. The number of nitro groups is 1. The van der Waals surface area contributed by atoms with Gasteiger partial charge in [-0.3, -0.25) is 14.9 Å². The molecule has 0 saturated carbocycles. The quantitative estimate of drug-likeness (QED) is 0.505. The van der Waals surface area contributed by atoms with E-state index >= 15 is 0 Å². The number of thioether (sulfide) groups is 1. The third-order valence-electron chi connectivity index (χ3n) is 3.15. The molecule has 7 heteroatoms. The summed E-state index contributed by atoms with van der Waals surface area (Å²) < 4.78 is 0. The van der Waals surface area contributed by atoms with Crippen LogP contribution in [-0.4, -0.2) is 17.1 Å². The Bertz CT molecular complexity index is 750. The summed E-state index contributed by atoms with van der Waals surface area (Å²) in [4.78, 5) is 23.3. The minimum absolute atomic E-state index is 0.0806. The van der Waals surface area contributed by atoms with Gasteiger partial charge < -0.3 is 5.32 Å². The lowest BCUT2D eigenvalue weighted by Gasteiger charge is -2.10. The van der Waals surface area contributed by atoms with Gasteiger partial charge in [-0.25, -0.2) is 0 Å². The third-order valence-corrected chi connectivity index (χ3v) is 4.35. The lowest BCUT2D eigenvalue weighted by atomic mass is 10.1. The molecule has 0 bridgehead atoms. The Morgan fingerprint density at radius 2 is 2.05 bits per heavy atom. The maximum absolute atomic E-state index is 12.3. The molecular weight excluding hydrogens is 324 g/mol. The van der Waals surface area contributed by atoms with Gasteiger partial charge in [-0.1, -0.05) is 17.7 Å². The number of nitrogens with zero attached hydrogens (tertiary/aromatic N) is 1. The van der Waals surface area contributed by atoms with Crippen molar-refractivity contribution in [2.24, 2.45) is 0 Å². The largest absolute Gasteiger partial charge is 0.322 e. The number of nitrogens with one attached hydrogen (secondary N) is 1. The van der Waals surface area contributed by atoms with Crippen LogP contribution in [0.3, 0.4) is 0 Å². The molecule has 0 radical (unpaired) electrons. The summed E-state index contributed by atoms with van der Waals surface area (Å²) in [5, 5.41) is 14.3. The smallest absolute Gasteiger partial charge is 0.283 e. The van der Waals surface area contributed by atoms with Crippen LogP contribution in [0.15, 0.2) is 41.3 Å². The highest BCUT2D eigenvalue weighted by molar-refractivity contribution is 7.98. The second-order valence-electron chi connectivity index (χ2n) is 4.51. The van der Waals surface area contributed by atoms with Gasteiger partial charge in [0.15, 0.2) is 0 Å². The fourth-order valence-electron chi connectivity index (χ4n) is 1.91. The summed E-state index contributed by atoms with van der Waals surface area (Å²) in [7, 11) is 0. The minimum Gasteiger partial charge on any atom is -0.322 e. The van der Waals surface area contributed by atoms with Crippen molar-refractivity contribution < 1.29 is 9.72 Å². The summed E-state index contributed by atoms with van der Waals surface area (Å²) in [5.41, 5.74) is 1.47. The van der Waals surface area contributed by atoms with Crippen LogP contribution in [-0.2, 0) is 0 Å². The van der Waals surface area contributed by atoms with Crippen molar-refractivity contribution >= 4 is 40.6 Å². The Kier molecular flexibility index (Phi) is 5.05. The first-order valence-electron chi connectivity index (χ1n) is 6.33. The van der Waals surface area contributed by atoms with Crippen LogP contribution in [0.4, 0.5) is 11.4 Å². The molecule has 22 heavy (non-hydrogen) atoms. The zero-order chi connectivity index (χ0) is 16.3. The average molecular weight is 337 g/mol. The Labute approximate surface area is 136 Å². The lowest BCUT2D eigenvalue weighted by molar-refractivity contribution is -0.387. The van der Waals surface area contributed by atoms with Gasteiger partial charge in [-0.2, -0.15) is 0 Å². The Morgan fingerprint density at radius 3 is 2.68 bits per heavy atom. The van der Waals surface area contributed by atoms with E-state index in [1.165, 1.54) is 17.8 Å². The molecule has 0 atom stereocenters. The van der Waals surface area contributed by atoms with Crippen LogP contribution < -0.4 is 5.32 Å². The van der Waals surface area contributed by atoms with Crippen molar-refractivity contribution in [3.8, 4) is 0 Å². The van der Waals surface area contributed by atoms with Gasteiger partial charge in [0.25, 0.3) is 11.6 Å². The average Bonchev–Trinajstić information content (AvgIpc) is 2.51. The zero-order valence-corrected chi connectivity index (χ0v) is 13.5. The molecule has 0 aliphatic heterocycles. The van der Waals surface area contributed by atoms with E-state index in [2.05, 4.69) is 5.32 Å². The number of carbonyl (C=O) groups excluding carboxylic acids is 1. The third kappa shape index (κ3) is 3.40. The van der Waals surface area contributed by atoms with Crippen LogP contribution in [0.2, 0.25) is 5.02 Å². The van der Waals surface area contributed by atoms with Gasteiger partial charge in [0.1, 0.15) is 0 Å². The molecule has 0 fully saturated rings. The molecular formula is C15H13ClN2O3S. The molecule has 2 rings (SSSR count). The van der Waals surface area contributed by atoms with Crippen molar-refractivity contribution in [2.75, 3.05) is 11.6 Å². The van der Waals surface area contributed by atoms with Gasteiger partial charge in [-0.15, -0.1) is 11.8 Å². The maximum atomic E-state index is 12.3. The standard InChI is InChI=1S/C15H13ClN2O3S/c1-9-11(16)4-3-5-12(9)17-15(19)10-6-7-14(22-2)13(8-10)18(20)21/h3-8H,1-2H3,(H,17,19). The molecule has 114 valence electrons. The summed E-state index contributed by atoms with van der Waals surface area (Å²) in [5.74, 6) is -0.416. The minimum atomic E-state index is -0.493. The van der Waals surface area contributed by atoms with Gasteiger partial charge in [0.2, 0.25) is 0 Å². The van der Waals surface area contributed by atoms with E-state index in [1.54, 1.807) is 43.5 Å². The fourth-order valence-corrected chi connectivity index (χ4v) is 2.63. The van der Waals surface area contributed by atoms with Crippen molar-refractivity contribution in [2.45, 2.75) is 11.8 Å². The second kappa shape index (κ2) is 6.81. The predicted octanol–water partition coefficient (Wildman–Crippen LogP) is 4.53.